The number of halogens is 1. The van der Waals surface area contributed by atoms with Crippen LogP contribution in [0.5, 0.6) is 11.5 Å². The van der Waals surface area contributed by atoms with Crippen LogP contribution in [0, 0.1) is 0 Å². The number of anilines is 1. The number of benzene rings is 4. The lowest BCUT2D eigenvalue weighted by molar-refractivity contribution is 0.244. The third-order valence-corrected chi connectivity index (χ3v) is 8.40. The second-order valence-corrected chi connectivity index (χ2v) is 11.4. The lowest BCUT2D eigenvalue weighted by Crippen LogP contribution is -2.30. The van der Waals surface area contributed by atoms with Crippen molar-refractivity contribution in [1.29, 1.82) is 0 Å². The molecule has 1 aliphatic heterocycles. The molecule has 0 atom stereocenters. The first kappa shape index (κ1) is 26.1. The van der Waals surface area contributed by atoms with Gasteiger partial charge in [-0.25, -0.2) is 8.42 Å². The molecule has 0 saturated heterocycles. The summed E-state index contributed by atoms with van der Waals surface area (Å²) in [6, 6.07) is 26.1. The summed E-state index contributed by atoms with van der Waals surface area (Å²) in [5, 5.41) is 0.488. The van der Waals surface area contributed by atoms with Gasteiger partial charge in [-0.2, -0.15) is 0 Å². The number of hydrogen-bond acceptors (Lipinski definition) is 5. The van der Waals surface area contributed by atoms with E-state index < -0.39 is 10.0 Å². The summed E-state index contributed by atoms with van der Waals surface area (Å²) in [5.74, 6) is 1.54. The van der Waals surface area contributed by atoms with E-state index >= 15 is 0 Å². The van der Waals surface area contributed by atoms with Crippen molar-refractivity contribution in [3.8, 4) is 22.6 Å². The maximum Gasteiger partial charge on any atom is 0.261 e. The molecular formula is C30H29ClN2O4S. The highest BCUT2D eigenvalue weighted by Gasteiger charge is 2.20. The van der Waals surface area contributed by atoms with Gasteiger partial charge in [0.25, 0.3) is 10.0 Å². The SMILES string of the molecule is COc1cc2c(cc1OC)CN(Cc1ccc(-c3ccc(NS(=O)(=O)c4ccc(Cl)cc4)cc3)cc1)CC2. The van der Waals surface area contributed by atoms with E-state index in [1.54, 1.807) is 38.5 Å². The average molecular weight is 549 g/mol. The Balaban J connectivity index is 1.22. The Morgan fingerprint density at radius 3 is 2.00 bits per heavy atom. The zero-order valence-electron chi connectivity index (χ0n) is 21.3. The quantitative estimate of drug-likeness (QED) is 0.276. The van der Waals surface area contributed by atoms with Crippen LogP contribution < -0.4 is 14.2 Å². The van der Waals surface area contributed by atoms with Gasteiger partial charge >= 0.3 is 0 Å². The highest BCUT2D eigenvalue weighted by atomic mass is 35.5. The van der Waals surface area contributed by atoms with Crippen molar-refractivity contribution >= 4 is 27.3 Å². The molecule has 0 aromatic heterocycles. The summed E-state index contributed by atoms with van der Waals surface area (Å²) < 4.78 is 38.8. The topological polar surface area (TPSA) is 67.9 Å². The fraction of sp³-hybridized carbons (Fsp3) is 0.200. The maximum atomic E-state index is 12.6. The Hall–Kier alpha value is -3.52. The summed E-state index contributed by atoms with van der Waals surface area (Å²) in [7, 11) is -0.345. The number of nitrogens with zero attached hydrogens (tertiary/aromatic N) is 1. The van der Waals surface area contributed by atoms with Crippen LogP contribution in [0.1, 0.15) is 16.7 Å². The minimum atomic E-state index is -3.68. The molecule has 6 nitrogen and oxygen atoms in total. The highest BCUT2D eigenvalue weighted by Crippen LogP contribution is 2.33. The van der Waals surface area contributed by atoms with Crippen molar-refractivity contribution in [3.63, 3.8) is 0 Å². The summed E-state index contributed by atoms with van der Waals surface area (Å²) in [6.45, 7) is 2.71. The normalized spacial score (nSPS) is 13.6. The van der Waals surface area contributed by atoms with Gasteiger partial charge in [0.2, 0.25) is 0 Å². The molecule has 0 bridgehead atoms. The van der Waals surface area contributed by atoms with Gasteiger partial charge in [-0.3, -0.25) is 9.62 Å². The second-order valence-electron chi connectivity index (χ2n) is 9.27. The standard InChI is InChI=1S/C30H29ClN2O4S/c1-36-29-17-24-15-16-33(20-25(24)18-30(29)37-2)19-21-3-5-22(6-4-21)23-7-11-27(12-8-23)32-38(34,35)28-13-9-26(31)10-14-28/h3-14,17-18,32H,15-16,19-20H2,1-2H3. The lowest BCUT2D eigenvalue weighted by Gasteiger charge is -2.29. The van der Waals surface area contributed by atoms with E-state index in [0.717, 1.165) is 48.7 Å². The van der Waals surface area contributed by atoms with Gasteiger partial charge in [-0.1, -0.05) is 48.0 Å². The minimum absolute atomic E-state index is 0.164. The number of hydrogen-bond donors (Lipinski definition) is 1. The van der Waals surface area contributed by atoms with Crippen LogP contribution in [0.4, 0.5) is 5.69 Å². The molecule has 5 rings (SSSR count). The highest BCUT2D eigenvalue weighted by molar-refractivity contribution is 7.92. The molecule has 1 N–H and O–H groups in total. The molecule has 4 aromatic rings. The number of ether oxygens (including phenoxy) is 2. The predicted molar refractivity (Wildman–Crippen MR) is 152 cm³/mol. The summed E-state index contributed by atoms with van der Waals surface area (Å²) >= 11 is 5.87. The van der Waals surface area contributed by atoms with Crippen molar-refractivity contribution in [2.24, 2.45) is 0 Å². The van der Waals surface area contributed by atoms with Crippen LogP contribution in [-0.2, 0) is 29.5 Å². The first-order valence-corrected chi connectivity index (χ1v) is 14.1. The van der Waals surface area contributed by atoms with Gasteiger partial charge in [0.05, 0.1) is 19.1 Å². The zero-order chi connectivity index (χ0) is 26.7. The Morgan fingerprint density at radius 1 is 0.816 bits per heavy atom. The molecule has 0 saturated carbocycles. The number of methoxy groups -OCH3 is 2. The van der Waals surface area contributed by atoms with Crippen LogP contribution in [-0.4, -0.2) is 34.1 Å². The third-order valence-electron chi connectivity index (χ3n) is 6.75. The van der Waals surface area contributed by atoms with E-state index in [0.29, 0.717) is 10.7 Å². The van der Waals surface area contributed by atoms with Gasteiger partial charge < -0.3 is 9.47 Å². The lowest BCUT2D eigenvalue weighted by atomic mass is 9.98. The number of fused-ring (bicyclic) bond motifs is 1. The molecule has 196 valence electrons. The van der Waals surface area contributed by atoms with E-state index in [2.05, 4.69) is 46.0 Å². The van der Waals surface area contributed by atoms with Crippen molar-refractivity contribution in [1.82, 2.24) is 4.90 Å². The Morgan fingerprint density at radius 2 is 1.39 bits per heavy atom. The molecule has 4 aromatic carbocycles. The number of nitrogens with one attached hydrogen (secondary N) is 1. The van der Waals surface area contributed by atoms with Crippen LogP contribution in [0.3, 0.4) is 0 Å². The van der Waals surface area contributed by atoms with E-state index in [-0.39, 0.29) is 4.90 Å². The monoisotopic (exact) mass is 548 g/mol. The minimum Gasteiger partial charge on any atom is -0.493 e. The third kappa shape index (κ3) is 5.80. The maximum absolute atomic E-state index is 12.6. The Kier molecular flexibility index (Phi) is 7.61. The summed E-state index contributed by atoms with van der Waals surface area (Å²) in [4.78, 5) is 2.60. The molecule has 8 heteroatoms. The average Bonchev–Trinajstić information content (AvgIpc) is 2.93. The molecule has 0 radical (unpaired) electrons. The fourth-order valence-corrected chi connectivity index (χ4v) is 5.88. The number of rotatable bonds is 8. The van der Waals surface area contributed by atoms with Gasteiger partial charge in [-0.05, 0) is 82.8 Å². The van der Waals surface area contributed by atoms with E-state index in [4.69, 9.17) is 21.1 Å². The first-order valence-electron chi connectivity index (χ1n) is 12.3. The fourth-order valence-electron chi connectivity index (χ4n) is 4.70. The summed E-state index contributed by atoms with van der Waals surface area (Å²) in [5.41, 5.74) is 6.41. The smallest absolute Gasteiger partial charge is 0.261 e. The molecule has 0 aliphatic carbocycles. The van der Waals surface area contributed by atoms with E-state index in [1.807, 2.05) is 12.1 Å². The van der Waals surface area contributed by atoms with Gasteiger partial charge in [0.15, 0.2) is 11.5 Å². The first-order chi connectivity index (χ1) is 18.3. The Labute approximate surface area is 228 Å². The molecule has 0 unspecified atom stereocenters. The predicted octanol–water partition coefficient (Wildman–Crippen LogP) is 6.38. The van der Waals surface area contributed by atoms with Crippen LogP contribution >= 0.6 is 11.6 Å². The van der Waals surface area contributed by atoms with Crippen LogP contribution in [0.25, 0.3) is 11.1 Å². The van der Waals surface area contributed by atoms with Crippen molar-refractivity contribution in [2.45, 2.75) is 24.4 Å². The van der Waals surface area contributed by atoms with Crippen molar-refractivity contribution < 1.29 is 17.9 Å². The van der Waals surface area contributed by atoms with Crippen LogP contribution in [0.2, 0.25) is 5.02 Å². The molecular weight excluding hydrogens is 520 g/mol. The van der Waals surface area contributed by atoms with Crippen molar-refractivity contribution in [3.05, 3.63) is 107 Å². The van der Waals surface area contributed by atoms with Gasteiger partial charge in [0.1, 0.15) is 0 Å². The van der Waals surface area contributed by atoms with Gasteiger partial charge in [-0.15, -0.1) is 0 Å². The molecule has 0 amide bonds. The zero-order valence-corrected chi connectivity index (χ0v) is 22.9. The van der Waals surface area contributed by atoms with Crippen molar-refractivity contribution in [2.75, 3.05) is 25.5 Å². The Bertz CT molecular complexity index is 1520. The van der Waals surface area contributed by atoms with Crippen LogP contribution in [0.15, 0.2) is 89.8 Å². The summed E-state index contributed by atoms with van der Waals surface area (Å²) in [6.07, 6.45) is 0.974. The second kappa shape index (κ2) is 11.1. The molecule has 38 heavy (non-hydrogen) atoms. The largest absolute Gasteiger partial charge is 0.493 e. The number of sulfonamides is 1. The molecule has 0 spiro atoms. The molecule has 0 fully saturated rings. The van der Waals surface area contributed by atoms with E-state index in [9.17, 15) is 8.42 Å². The molecule has 1 aliphatic rings. The van der Waals surface area contributed by atoms with E-state index in [1.165, 1.54) is 28.8 Å². The van der Waals surface area contributed by atoms with Gasteiger partial charge in [0, 0.05) is 30.3 Å². The molecule has 1 heterocycles.